The molecule has 1 aliphatic heterocycles. The number of aromatic nitrogens is 2. The van der Waals surface area contributed by atoms with E-state index in [1.54, 1.807) is 24.1 Å². The van der Waals surface area contributed by atoms with E-state index in [1.165, 1.54) is 6.07 Å². The number of carbonyl (C=O) groups is 2. The lowest BCUT2D eigenvalue weighted by Gasteiger charge is -2.15. The lowest BCUT2D eigenvalue weighted by Crippen LogP contribution is -2.31. The van der Waals surface area contributed by atoms with Crippen molar-refractivity contribution < 1.29 is 18.9 Å². The summed E-state index contributed by atoms with van der Waals surface area (Å²) in [5.41, 5.74) is 0.0971. The molecule has 0 aliphatic carbocycles. The number of nitro benzene ring substituents is 1. The van der Waals surface area contributed by atoms with Gasteiger partial charge in [0.2, 0.25) is 11.8 Å². The third kappa shape index (κ3) is 3.25. The fraction of sp³-hybridized carbons (Fsp3) is 0.312. The highest BCUT2D eigenvalue weighted by Gasteiger charge is 2.39. The average molecular weight is 346 g/mol. The lowest BCUT2D eigenvalue weighted by molar-refractivity contribution is -0.385. The maximum atomic E-state index is 14.0. The molecule has 0 spiro atoms. The molecule has 1 atom stereocenters. The molecule has 1 aromatic carbocycles. The highest BCUT2D eigenvalue weighted by atomic mass is 19.1. The molecule has 2 aromatic rings. The molecule has 0 unspecified atom stereocenters. The molecule has 8 nitrogen and oxygen atoms in total. The second kappa shape index (κ2) is 6.42. The van der Waals surface area contributed by atoms with E-state index in [-0.39, 0.29) is 12.0 Å². The summed E-state index contributed by atoms with van der Waals surface area (Å²) in [5, 5.41) is 15.1. The van der Waals surface area contributed by atoms with Crippen LogP contribution in [0.5, 0.6) is 0 Å². The van der Waals surface area contributed by atoms with Crippen molar-refractivity contribution in [3.63, 3.8) is 0 Å². The van der Waals surface area contributed by atoms with Crippen LogP contribution in [0.15, 0.2) is 30.6 Å². The maximum absolute atomic E-state index is 14.0. The minimum Gasteiger partial charge on any atom is -0.277 e. The molecule has 0 bridgehead atoms. The predicted octanol–water partition coefficient (Wildman–Crippen LogP) is 1.59. The molecule has 2 heterocycles. The molecule has 0 radical (unpaired) electrons. The van der Waals surface area contributed by atoms with Crippen LogP contribution in [-0.4, -0.2) is 31.4 Å². The first-order valence-corrected chi connectivity index (χ1v) is 7.60. The largest absolute Gasteiger partial charge is 0.277 e. The zero-order valence-corrected chi connectivity index (χ0v) is 13.4. The highest BCUT2D eigenvalue weighted by Crippen LogP contribution is 2.29. The number of amides is 2. The summed E-state index contributed by atoms with van der Waals surface area (Å²) in [7, 11) is 1.74. The fourth-order valence-electron chi connectivity index (χ4n) is 2.97. The van der Waals surface area contributed by atoms with E-state index in [0.717, 1.165) is 22.6 Å². The summed E-state index contributed by atoms with van der Waals surface area (Å²) in [6.45, 7) is -0.440. The average Bonchev–Trinajstić information content (AvgIpc) is 3.07. The van der Waals surface area contributed by atoms with E-state index in [0.29, 0.717) is 6.42 Å². The summed E-state index contributed by atoms with van der Waals surface area (Å²) in [5.74, 6) is -2.30. The monoisotopic (exact) mass is 346 g/mol. The van der Waals surface area contributed by atoms with Gasteiger partial charge in [0, 0.05) is 25.7 Å². The van der Waals surface area contributed by atoms with Crippen LogP contribution in [0.4, 0.5) is 10.1 Å². The normalized spacial score (nSPS) is 17.4. The Kier molecular flexibility index (Phi) is 4.30. The van der Waals surface area contributed by atoms with Gasteiger partial charge in [-0.2, -0.15) is 5.10 Å². The molecule has 25 heavy (non-hydrogen) atoms. The lowest BCUT2D eigenvalue weighted by atomic mass is 10.0. The van der Waals surface area contributed by atoms with Gasteiger partial charge < -0.3 is 0 Å². The number of nitro groups is 1. The van der Waals surface area contributed by atoms with Crippen LogP contribution >= 0.6 is 0 Å². The third-order valence-electron chi connectivity index (χ3n) is 4.18. The maximum Gasteiger partial charge on any atom is 0.277 e. The topological polar surface area (TPSA) is 98.3 Å². The Morgan fingerprint density at radius 3 is 2.80 bits per heavy atom. The standard InChI is InChI=1S/C16H15FN4O4/c1-19-8-10(7-18-19)5-11-6-15(22)20(16(11)23)9-12-13(17)3-2-4-14(12)21(24)25/h2-4,7-8,11H,5-6,9H2,1H3/t11-/m1/s1. The van der Waals surface area contributed by atoms with Crippen LogP contribution in [-0.2, 0) is 29.6 Å². The molecule has 9 heteroatoms. The van der Waals surface area contributed by atoms with E-state index in [4.69, 9.17) is 0 Å². The molecule has 1 fully saturated rings. The van der Waals surface area contributed by atoms with Gasteiger partial charge in [-0.25, -0.2) is 4.39 Å². The Balaban J connectivity index is 1.81. The smallest absolute Gasteiger partial charge is 0.277 e. The Labute approximate surface area is 142 Å². The van der Waals surface area contributed by atoms with Gasteiger partial charge in [-0.15, -0.1) is 0 Å². The van der Waals surface area contributed by atoms with E-state index in [9.17, 15) is 24.1 Å². The number of rotatable bonds is 5. The first-order valence-electron chi connectivity index (χ1n) is 7.60. The van der Waals surface area contributed by atoms with Crippen molar-refractivity contribution in [3.8, 4) is 0 Å². The molecular formula is C16H15FN4O4. The van der Waals surface area contributed by atoms with Crippen molar-refractivity contribution in [1.82, 2.24) is 14.7 Å². The number of likely N-dealkylation sites (tertiary alicyclic amines) is 1. The number of imide groups is 1. The summed E-state index contributed by atoms with van der Waals surface area (Å²) >= 11 is 0. The van der Waals surface area contributed by atoms with Crippen LogP contribution in [0.1, 0.15) is 17.5 Å². The van der Waals surface area contributed by atoms with Crippen molar-refractivity contribution in [3.05, 3.63) is 57.7 Å². The molecule has 1 aromatic heterocycles. The molecule has 3 rings (SSSR count). The molecule has 2 amide bonds. The number of aryl methyl sites for hydroxylation is 1. The molecule has 1 aliphatic rings. The van der Waals surface area contributed by atoms with Crippen LogP contribution in [0.25, 0.3) is 0 Å². The van der Waals surface area contributed by atoms with Crippen molar-refractivity contribution >= 4 is 17.5 Å². The summed E-state index contributed by atoms with van der Waals surface area (Å²) < 4.78 is 15.6. The number of carbonyl (C=O) groups excluding carboxylic acids is 2. The number of hydrogen-bond acceptors (Lipinski definition) is 5. The van der Waals surface area contributed by atoms with E-state index < -0.39 is 40.7 Å². The second-order valence-corrected chi connectivity index (χ2v) is 5.94. The molecule has 1 saturated heterocycles. The minimum absolute atomic E-state index is 0.00399. The third-order valence-corrected chi connectivity index (χ3v) is 4.18. The molecular weight excluding hydrogens is 331 g/mol. The Morgan fingerprint density at radius 1 is 1.40 bits per heavy atom. The van der Waals surface area contributed by atoms with Crippen molar-refractivity contribution in [2.75, 3.05) is 0 Å². The van der Waals surface area contributed by atoms with Gasteiger partial charge in [0.1, 0.15) is 5.82 Å². The van der Waals surface area contributed by atoms with Gasteiger partial charge in [0.05, 0.1) is 29.1 Å². The van der Waals surface area contributed by atoms with E-state index >= 15 is 0 Å². The molecule has 0 saturated carbocycles. The summed E-state index contributed by atoms with van der Waals surface area (Å²) in [6, 6.07) is 3.44. The van der Waals surface area contributed by atoms with Crippen molar-refractivity contribution in [1.29, 1.82) is 0 Å². The van der Waals surface area contributed by atoms with E-state index in [2.05, 4.69) is 5.10 Å². The van der Waals surface area contributed by atoms with Gasteiger partial charge in [0.25, 0.3) is 5.69 Å². The minimum atomic E-state index is -0.814. The highest BCUT2D eigenvalue weighted by molar-refractivity contribution is 6.03. The predicted molar refractivity (Wildman–Crippen MR) is 83.6 cm³/mol. The van der Waals surface area contributed by atoms with Gasteiger partial charge in [-0.05, 0) is 18.1 Å². The summed E-state index contributed by atoms with van der Waals surface area (Å²) in [6.07, 6.45) is 3.70. The number of hydrogen-bond donors (Lipinski definition) is 0. The van der Waals surface area contributed by atoms with Crippen LogP contribution < -0.4 is 0 Å². The molecule has 0 N–H and O–H groups in total. The van der Waals surface area contributed by atoms with Crippen LogP contribution in [0, 0.1) is 21.8 Å². The quantitative estimate of drug-likeness (QED) is 0.465. The summed E-state index contributed by atoms with van der Waals surface area (Å²) in [4.78, 5) is 35.9. The number of nitrogens with zero attached hydrogens (tertiary/aromatic N) is 4. The SMILES string of the molecule is Cn1cc(C[C@@H]2CC(=O)N(Cc3c(F)cccc3[N+](=O)[O-])C2=O)cn1. The zero-order valence-electron chi connectivity index (χ0n) is 13.4. The van der Waals surface area contributed by atoms with Gasteiger partial charge in [0.15, 0.2) is 0 Å². The Morgan fingerprint density at radius 2 is 2.16 bits per heavy atom. The van der Waals surface area contributed by atoms with Gasteiger partial charge in [-0.3, -0.25) is 29.3 Å². The zero-order chi connectivity index (χ0) is 18.1. The first kappa shape index (κ1) is 16.7. The number of halogens is 1. The first-order chi connectivity index (χ1) is 11.9. The van der Waals surface area contributed by atoms with Crippen molar-refractivity contribution in [2.45, 2.75) is 19.4 Å². The van der Waals surface area contributed by atoms with Crippen LogP contribution in [0.3, 0.4) is 0 Å². The Bertz CT molecular complexity index is 864. The van der Waals surface area contributed by atoms with Gasteiger partial charge in [-0.1, -0.05) is 6.07 Å². The van der Waals surface area contributed by atoms with E-state index in [1.807, 2.05) is 0 Å². The second-order valence-electron chi connectivity index (χ2n) is 5.94. The Hall–Kier alpha value is -3.10. The van der Waals surface area contributed by atoms with Crippen LogP contribution in [0.2, 0.25) is 0 Å². The van der Waals surface area contributed by atoms with Crippen molar-refractivity contribution in [2.24, 2.45) is 13.0 Å². The molecule has 130 valence electrons. The van der Waals surface area contributed by atoms with Gasteiger partial charge >= 0.3 is 0 Å². The fourth-order valence-corrected chi connectivity index (χ4v) is 2.97. The number of benzene rings is 1.